The number of anilines is 1. The van der Waals surface area contributed by atoms with Crippen LogP contribution in [0.3, 0.4) is 0 Å². The molecule has 1 saturated carbocycles. The predicted octanol–water partition coefficient (Wildman–Crippen LogP) is 1.96. The summed E-state index contributed by atoms with van der Waals surface area (Å²) in [6.45, 7) is 1.95. The van der Waals surface area contributed by atoms with Gasteiger partial charge in [0.2, 0.25) is 0 Å². The molecule has 0 radical (unpaired) electrons. The second-order valence-corrected chi connectivity index (χ2v) is 5.49. The minimum atomic E-state index is 0.720. The Labute approximate surface area is 109 Å². The Bertz CT molecular complexity index is 407. The summed E-state index contributed by atoms with van der Waals surface area (Å²) in [4.78, 5) is 11.6. The van der Waals surface area contributed by atoms with Gasteiger partial charge in [-0.15, -0.1) is 0 Å². The number of hydrogen-bond donors (Lipinski definition) is 1. The van der Waals surface area contributed by atoms with Crippen molar-refractivity contribution in [1.82, 2.24) is 15.3 Å². The van der Waals surface area contributed by atoms with Gasteiger partial charge in [-0.1, -0.05) is 12.8 Å². The molecule has 1 aliphatic carbocycles. The first-order valence-corrected chi connectivity index (χ1v) is 7.10. The van der Waals surface area contributed by atoms with Crippen LogP contribution in [0.15, 0.2) is 12.4 Å². The Morgan fingerprint density at radius 2 is 2.17 bits per heavy atom. The molecule has 0 aromatic carbocycles. The lowest BCUT2D eigenvalue weighted by molar-refractivity contribution is 0.341. The van der Waals surface area contributed by atoms with Gasteiger partial charge in [-0.05, 0) is 32.2 Å². The zero-order valence-electron chi connectivity index (χ0n) is 11.1. The highest BCUT2D eigenvalue weighted by atomic mass is 15.2. The van der Waals surface area contributed by atoms with Crippen LogP contribution in [0, 0.1) is 5.92 Å². The molecule has 1 aliphatic heterocycles. The molecule has 4 nitrogen and oxygen atoms in total. The monoisotopic (exact) mass is 246 g/mol. The first-order chi connectivity index (χ1) is 8.88. The Hall–Kier alpha value is -1.16. The number of nitrogens with zero attached hydrogens (tertiary/aromatic N) is 3. The van der Waals surface area contributed by atoms with Crippen molar-refractivity contribution in [3.63, 3.8) is 0 Å². The minimum absolute atomic E-state index is 0.720. The Kier molecular flexibility index (Phi) is 3.46. The Morgan fingerprint density at radius 3 is 3.06 bits per heavy atom. The second kappa shape index (κ2) is 5.22. The van der Waals surface area contributed by atoms with Crippen molar-refractivity contribution in [2.75, 3.05) is 18.5 Å². The molecule has 1 aromatic rings. The standard InChI is InChI=1S/C14H22N4/c1-15-8-12-9-16-10-14(17-12)18-7-6-11-4-2-3-5-13(11)18/h9-11,13,15H,2-8H2,1H3. The van der Waals surface area contributed by atoms with E-state index in [2.05, 4.69) is 15.2 Å². The zero-order valence-corrected chi connectivity index (χ0v) is 11.1. The third kappa shape index (κ3) is 2.21. The average Bonchev–Trinajstić information content (AvgIpc) is 2.83. The maximum Gasteiger partial charge on any atom is 0.147 e. The number of rotatable bonds is 3. The molecule has 2 heterocycles. The van der Waals surface area contributed by atoms with Crippen LogP contribution in [0.4, 0.5) is 5.82 Å². The summed E-state index contributed by atoms with van der Waals surface area (Å²) in [7, 11) is 1.95. The minimum Gasteiger partial charge on any atom is -0.352 e. The van der Waals surface area contributed by atoms with Crippen molar-refractivity contribution in [3.05, 3.63) is 18.1 Å². The van der Waals surface area contributed by atoms with Crippen LogP contribution < -0.4 is 10.2 Å². The summed E-state index contributed by atoms with van der Waals surface area (Å²) in [5.74, 6) is 1.98. The third-order valence-corrected chi connectivity index (χ3v) is 4.33. The highest BCUT2D eigenvalue weighted by molar-refractivity contribution is 5.40. The smallest absolute Gasteiger partial charge is 0.147 e. The normalized spacial score (nSPS) is 27.3. The van der Waals surface area contributed by atoms with E-state index in [1.807, 2.05) is 19.4 Å². The Balaban J connectivity index is 1.79. The molecule has 4 heteroatoms. The summed E-state index contributed by atoms with van der Waals surface area (Å²) in [6, 6.07) is 0.720. The van der Waals surface area contributed by atoms with Gasteiger partial charge in [0.1, 0.15) is 5.82 Å². The largest absolute Gasteiger partial charge is 0.352 e. The van der Waals surface area contributed by atoms with Gasteiger partial charge >= 0.3 is 0 Å². The van der Waals surface area contributed by atoms with Crippen LogP contribution in [0.2, 0.25) is 0 Å². The van der Waals surface area contributed by atoms with Gasteiger partial charge in [0, 0.05) is 25.3 Å². The highest BCUT2D eigenvalue weighted by Crippen LogP contribution is 2.37. The lowest BCUT2D eigenvalue weighted by atomic mass is 9.85. The molecule has 98 valence electrons. The fourth-order valence-electron chi connectivity index (χ4n) is 3.49. The number of fused-ring (bicyclic) bond motifs is 1. The number of aromatic nitrogens is 2. The van der Waals surface area contributed by atoms with Gasteiger partial charge < -0.3 is 10.2 Å². The van der Waals surface area contributed by atoms with Gasteiger partial charge in [0.15, 0.2) is 0 Å². The van der Waals surface area contributed by atoms with Crippen molar-refractivity contribution in [2.24, 2.45) is 5.92 Å². The van der Waals surface area contributed by atoms with E-state index in [0.29, 0.717) is 0 Å². The molecule has 0 amide bonds. The third-order valence-electron chi connectivity index (χ3n) is 4.33. The molecule has 2 fully saturated rings. The molecule has 1 N–H and O–H groups in total. The van der Waals surface area contributed by atoms with Gasteiger partial charge in [-0.25, -0.2) is 4.98 Å². The molecule has 2 unspecified atom stereocenters. The lowest BCUT2D eigenvalue weighted by Crippen LogP contribution is -2.35. The summed E-state index contributed by atoms with van der Waals surface area (Å²) in [5.41, 5.74) is 1.04. The van der Waals surface area contributed by atoms with E-state index in [-0.39, 0.29) is 0 Å². The molecule has 18 heavy (non-hydrogen) atoms. The summed E-state index contributed by atoms with van der Waals surface area (Å²) < 4.78 is 0. The Morgan fingerprint density at radius 1 is 1.28 bits per heavy atom. The van der Waals surface area contributed by atoms with E-state index >= 15 is 0 Å². The maximum atomic E-state index is 4.74. The van der Waals surface area contributed by atoms with E-state index in [1.54, 1.807) is 0 Å². The topological polar surface area (TPSA) is 41.1 Å². The van der Waals surface area contributed by atoms with Crippen LogP contribution in [0.1, 0.15) is 37.8 Å². The van der Waals surface area contributed by atoms with Gasteiger partial charge in [0.05, 0.1) is 11.9 Å². The van der Waals surface area contributed by atoms with Crippen LogP contribution in [-0.4, -0.2) is 29.6 Å². The van der Waals surface area contributed by atoms with Crippen molar-refractivity contribution in [1.29, 1.82) is 0 Å². The highest BCUT2D eigenvalue weighted by Gasteiger charge is 2.36. The number of hydrogen-bond acceptors (Lipinski definition) is 4. The van der Waals surface area contributed by atoms with Crippen molar-refractivity contribution in [2.45, 2.75) is 44.7 Å². The van der Waals surface area contributed by atoms with Gasteiger partial charge in [-0.2, -0.15) is 0 Å². The summed E-state index contributed by atoms with van der Waals surface area (Å²) >= 11 is 0. The van der Waals surface area contributed by atoms with Crippen molar-refractivity contribution < 1.29 is 0 Å². The van der Waals surface area contributed by atoms with E-state index in [4.69, 9.17) is 4.98 Å². The summed E-state index contributed by atoms with van der Waals surface area (Å²) in [5, 5.41) is 3.14. The molecule has 0 bridgehead atoms. The van der Waals surface area contributed by atoms with Crippen LogP contribution >= 0.6 is 0 Å². The molecular weight excluding hydrogens is 224 g/mol. The molecule has 2 aliphatic rings. The molecular formula is C14H22N4. The van der Waals surface area contributed by atoms with Gasteiger partial charge in [0.25, 0.3) is 0 Å². The summed E-state index contributed by atoms with van der Waals surface area (Å²) in [6.07, 6.45) is 10.7. The van der Waals surface area contributed by atoms with Crippen molar-refractivity contribution in [3.8, 4) is 0 Å². The molecule has 1 aromatic heterocycles. The molecule has 0 spiro atoms. The molecule has 2 atom stereocenters. The quantitative estimate of drug-likeness (QED) is 0.885. The maximum absolute atomic E-state index is 4.74. The predicted molar refractivity (Wildman–Crippen MR) is 72.5 cm³/mol. The molecule has 3 rings (SSSR count). The van der Waals surface area contributed by atoms with Gasteiger partial charge in [-0.3, -0.25) is 4.98 Å². The van der Waals surface area contributed by atoms with Crippen LogP contribution in [0.25, 0.3) is 0 Å². The van der Waals surface area contributed by atoms with E-state index in [1.165, 1.54) is 32.1 Å². The molecule has 1 saturated heterocycles. The average molecular weight is 246 g/mol. The number of nitrogens with one attached hydrogen (secondary N) is 1. The first kappa shape index (κ1) is 11.9. The first-order valence-electron chi connectivity index (χ1n) is 7.10. The van der Waals surface area contributed by atoms with Crippen LogP contribution in [0.5, 0.6) is 0 Å². The van der Waals surface area contributed by atoms with E-state index in [9.17, 15) is 0 Å². The fourth-order valence-corrected chi connectivity index (χ4v) is 3.49. The van der Waals surface area contributed by atoms with E-state index in [0.717, 1.165) is 36.6 Å². The zero-order chi connectivity index (χ0) is 12.4. The second-order valence-electron chi connectivity index (χ2n) is 5.49. The van der Waals surface area contributed by atoms with Crippen molar-refractivity contribution >= 4 is 5.82 Å². The lowest BCUT2D eigenvalue weighted by Gasteiger charge is -2.32. The SMILES string of the molecule is CNCc1cncc(N2CCC3CCCCC32)n1. The van der Waals surface area contributed by atoms with Crippen LogP contribution in [-0.2, 0) is 6.54 Å². The fraction of sp³-hybridized carbons (Fsp3) is 0.714. The van der Waals surface area contributed by atoms with E-state index < -0.39 is 0 Å².